The molecule has 150 valence electrons. The molecule has 0 unspecified atom stereocenters. The van der Waals surface area contributed by atoms with Gasteiger partial charge in [-0.15, -0.1) is 0 Å². The summed E-state index contributed by atoms with van der Waals surface area (Å²) in [5.41, 5.74) is 1.50. The minimum Gasteiger partial charge on any atom is -0.493 e. The molecular formula is C21H26N2O5. The molecule has 0 bridgehead atoms. The molecule has 0 fully saturated rings. The molecule has 2 N–H and O–H groups in total. The molecule has 0 aliphatic carbocycles. The van der Waals surface area contributed by atoms with E-state index in [1.807, 2.05) is 31.2 Å². The molecule has 7 heteroatoms. The number of hydrogen-bond donors (Lipinski definition) is 2. The Hall–Kier alpha value is -3.22. The molecule has 2 aromatic rings. The van der Waals surface area contributed by atoms with E-state index in [9.17, 15) is 9.59 Å². The number of hydrogen-bond acceptors (Lipinski definition) is 5. The van der Waals surface area contributed by atoms with E-state index in [0.717, 1.165) is 12.0 Å². The molecule has 28 heavy (non-hydrogen) atoms. The average Bonchev–Trinajstić information content (AvgIpc) is 2.74. The minimum atomic E-state index is -0.261. The Bertz CT molecular complexity index is 807. The number of ether oxygens (including phenoxy) is 3. The first kappa shape index (κ1) is 21.1. The third kappa shape index (κ3) is 5.90. The third-order valence-electron chi connectivity index (χ3n) is 4.09. The number of carbonyl (C=O) groups is 2. The number of methoxy groups -OCH3 is 2. The number of para-hydroxylation sites is 1. The predicted molar refractivity (Wildman–Crippen MR) is 106 cm³/mol. The van der Waals surface area contributed by atoms with E-state index in [0.29, 0.717) is 35.9 Å². The lowest BCUT2D eigenvalue weighted by Gasteiger charge is -2.11. The van der Waals surface area contributed by atoms with Gasteiger partial charge in [0, 0.05) is 18.7 Å². The number of benzene rings is 2. The summed E-state index contributed by atoms with van der Waals surface area (Å²) < 4.78 is 15.9. The van der Waals surface area contributed by atoms with Gasteiger partial charge < -0.3 is 24.8 Å². The number of carbonyl (C=O) groups excluding carboxylic acids is 2. The SMILES string of the molecule is CCc1ccccc1OCC(=O)NCCNC(=O)c1ccc(OC)c(OC)c1. The van der Waals surface area contributed by atoms with Crippen molar-refractivity contribution >= 4 is 11.8 Å². The van der Waals surface area contributed by atoms with Crippen LogP contribution in [0.5, 0.6) is 17.2 Å². The van der Waals surface area contributed by atoms with Crippen molar-refractivity contribution in [2.75, 3.05) is 33.9 Å². The van der Waals surface area contributed by atoms with Gasteiger partial charge in [0.05, 0.1) is 14.2 Å². The van der Waals surface area contributed by atoms with Crippen LogP contribution in [0.1, 0.15) is 22.8 Å². The molecule has 2 aromatic carbocycles. The normalized spacial score (nSPS) is 10.1. The van der Waals surface area contributed by atoms with Crippen molar-refractivity contribution in [3.05, 3.63) is 53.6 Å². The van der Waals surface area contributed by atoms with Gasteiger partial charge in [0.15, 0.2) is 18.1 Å². The Morgan fingerprint density at radius 3 is 2.32 bits per heavy atom. The Balaban J connectivity index is 1.73. The molecule has 7 nitrogen and oxygen atoms in total. The van der Waals surface area contributed by atoms with E-state index in [4.69, 9.17) is 14.2 Å². The quantitative estimate of drug-likeness (QED) is 0.612. The average molecular weight is 386 g/mol. The molecule has 0 saturated heterocycles. The second-order valence-electron chi connectivity index (χ2n) is 5.93. The highest BCUT2D eigenvalue weighted by Gasteiger charge is 2.10. The first-order valence-electron chi connectivity index (χ1n) is 9.06. The fourth-order valence-electron chi connectivity index (χ4n) is 2.59. The largest absolute Gasteiger partial charge is 0.493 e. The van der Waals surface area contributed by atoms with Crippen LogP contribution in [-0.2, 0) is 11.2 Å². The maximum absolute atomic E-state index is 12.2. The molecule has 0 aromatic heterocycles. The van der Waals surface area contributed by atoms with Gasteiger partial charge in [-0.1, -0.05) is 25.1 Å². The molecule has 0 heterocycles. The van der Waals surface area contributed by atoms with Crippen molar-refractivity contribution in [1.29, 1.82) is 0 Å². The minimum absolute atomic E-state index is 0.0688. The van der Waals surface area contributed by atoms with Gasteiger partial charge in [0.1, 0.15) is 5.75 Å². The van der Waals surface area contributed by atoms with Crippen LogP contribution in [0.15, 0.2) is 42.5 Å². The van der Waals surface area contributed by atoms with E-state index in [2.05, 4.69) is 10.6 Å². The van der Waals surface area contributed by atoms with Gasteiger partial charge >= 0.3 is 0 Å². The molecule has 0 radical (unpaired) electrons. The summed E-state index contributed by atoms with van der Waals surface area (Å²) in [5.74, 6) is 1.24. The number of amides is 2. The van der Waals surface area contributed by atoms with Gasteiger partial charge in [-0.3, -0.25) is 9.59 Å². The van der Waals surface area contributed by atoms with Gasteiger partial charge in [-0.2, -0.15) is 0 Å². The highest BCUT2D eigenvalue weighted by molar-refractivity contribution is 5.94. The van der Waals surface area contributed by atoms with E-state index in [-0.39, 0.29) is 18.4 Å². The highest BCUT2D eigenvalue weighted by Crippen LogP contribution is 2.27. The second-order valence-corrected chi connectivity index (χ2v) is 5.93. The van der Waals surface area contributed by atoms with Crippen LogP contribution in [0.25, 0.3) is 0 Å². The topological polar surface area (TPSA) is 85.9 Å². The maximum atomic E-state index is 12.2. The standard InChI is InChI=1S/C21H26N2O5/c1-4-15-7-5-6-8-17(15)28-14-20(24)22-11-12-23-21(25)16-9-10-18(26-2)19(13-16)27-3/h5-10,13H,4,11-12,14H2,1-3H3,(H,22,24)(H,23,25). The Morgan fingerprint density at radius 1 is 0.893 bits per heavy atom. The molecule has 0 aliphatic rings. The van der Waals surface area contributed by atoms with Crippen molar-refractivity contribution in [3.63, 3.8) is 0 Å². The maximum Gasteiger partial charge on any atom is 0.258 e. The van der Waals surface area contributed by atoms with E-state index >= 15 is 0 Å². The number of rotatable bonds is 10. The summed E-state index contributed by atoms with van der Waals surface area (Å²) in [6.07, 6.45) is 0.833. The number of aryl methyl sites for hydroxylation is 1. The molecule has 0 saturated carbocycles. The zero-order valence-electron chi connectivity index (χ0n) is 16.4. The lowest BCUT2D eigenvalue weighted by Crippen LogP contribution is -2.36. The molecule has 0 atom stereocenters. The van der Waals surface area contributed by atoms with Crippen molar-refractivity contribution < 1.29 is 23.8 Å². The molecule has 0 spiro atoms. The summed E-state index contributed by atoms with van der Waals surface area (Å²) >= 11 is 0. The molecular weight excluding hydrogens is 360 g/mol. The van der Waals surface area contributed by atoms with Gasteiger partial charge in [-0.05, 0) is 36.2 Å². The van der Waals surface area contributed by atoms with E-state index < -0.39 is 0 Å². The summed E-state index contributed by atoms with van der Waals surface area (Å²) in [4.78, 5) is 24.1. The molecule has 2 amide bonds. The monoisotopic (exact) mass is 386 g/mol. The third-order valence-corrected chi connectivity index (χ3v) is 4.09. The second kappa shape index (κ2) is 10.8. The van der Waals surface area contributed by atoms with Crippen LogP contribution in [-0.4, -0.2) is 45.7 Å². The lowest BCUT2D eigenvalue weighted by molar-refractivity contribution is -0.123. The highest BCUT2D eigenvalue weighted by atomic mass is 16.5. The van der Waals surface area contributed by atoms with Crippen LogP contribution in [0.4, 0.5) is 0 Å². The summed E-state index contributed by atoms with van der Waals surface area (Å²) in [6, 6.07) is 12.5. The summed E-state index contributed by atoms with van der Waals surface area (Å²) in [6.45, 7) is 2.56. The van der Waals surface area contributed by atoms with Crippen molar-refractivity contribution in [3.8, 4) is 17.2 Å². The van der Waals surface area contributed by atoms with Crippen LogP contribution in [0.3, 0.4) is 0 Å². The van der Waals surface area contributed by atoms with E-state index in [1.54, 1.807) is 18.2 Å². The van der Waals surface area contributed by atoms with Gasteiger partial charge in [0.25, 0.3) is 11.8 Å². The fourth-order valence-corrected chi connectivity index (χ4v) is 2.59. The van der Waals surface area contributed by atoms with Gasteiger partial charge in [-0.25, -0.2) is 0 Å². The van der Waals surface area contributed by atoms with Crippen molar-refractivity contribution in [1.82, 2.24) is 10.6 Å². The van der Waals surface area contributed by atoms with Crippen LogP contribution in [0, 0.1) is 0 Å². The van der Waals surface area contributed by atoms with Crippen LogP contribution >= 0.6 is 0 Å². The summed E-state index contributed by atoms with van der Waals surface area (Å²) in [5, 5.41) is 5.46. The Labute approximate surface area is 165 Å². The predicted octanol–water partition coefficient (Wildman–Crippen LogP) is 2.19. The Morgan fingerprint density at radius 2 is 1.61 bits per heavy atom. The fraction of sp³-hybridized carbons (Fsp3) is 0.333. The first-order chi connectivity index (χ1) is 13.6. The zero-order valence-corrected chi connectivity index (χ0v) is 16.4. The first-order valence-corrected chi connectivity index (χ1v) is 9.06. The lowest BCUT2D eigenvalue weighted by atomic mass is 10.1. The Kier molecular flexibility index (Phi) is 8.14. The van der Waals surface area contributed by atoms with E-state index in [1.165, 1.54) is 14.2 Å². The van der Waals surface area contributed by atoms with Crippen molar-refractivity contribution in [2.24, 2.45) is 0 Å². The molecule has 2 rings (SSSR count). The molecule has 0 aliphatic heterocycles. The van der Waals surface area contributed by atoms with Gasteiger partial charge in [0.2, 0.25) is 0 Å². The summed E-state index contributed by atoms with van der Waals surface area (Å²) in [7, 11) is 3.04. The van der Waals surface area contributed by atoms with Crippen LogP contribution in [0.2, 0.25) is 0 Å². The van der Waals surface area contributed by atoms with Crippen molar-refractivity contribution in [2.45, 2.75) is 13.3 Å². The smallest absolute Gasteiger partial charge is 0.258 e. The number of nitrogens with one attached hydrogen (secondary N) is 2. The zero-order chi connectivity index (χ0) is 20.4. The van der Waals surface area contributed by atoms with Crippen LogP contribution < -0.4 is 24.8 Å².